The van der Waals surface area contributed by atoms with E-state index in [0.29, 0.717) is 0 Å². The summed E-state index contributed by atoms with van der Waals surface area (Å²) in [5.74, 6) is 0.147. The first-order chi connectivity index (χ1) is 8.84. The molecular weight excluding hydrogens is 283 g/mol. The molecule has 0 aliphatic carbocycles. The summed E-state index contributed by atoms with van der Waals surface area (Å²) in [6.07, 6.45) is -4.39. The summed E-state index contributed by atoms with van der Waals surface area (Å²) < 4.78 is 42.3. The number of alkyl halides is 3. The Morgan fingerprint density at radius 2 is 1.74 bits per heavy atom. The molecular formula is C11H7ClF3N3O. The smallest absolute Gasteiger partial charge is 0.416 e. The summed E-state index contributed by atoms with van der Waals surface area (Å²) in [6, 6.07) is 5.46. The second-order valence-electron chi connectivity index (χ2n) is 3.51. The second kappa shape index (κ2) is 4.93. The normalized spacial score (nSPS) is 11.4. The molecule has 0 radical (unpaired) electrons. The number of hydrogen-bond donors (Lipinski definition) is 1. The van der Waals surface area contributed by atoms with Crippen molar-refractivity contribution in [2.75, 3.05) is 5.73 Å². The van der Waals surface area contributed by atoms with Crippen molar-refractivity contribution in [2.24, 2.45) is 0 Å². The van der Waals surface area contributed by atoms with Crippen LogP contribution in [0, 0.1) is 0 Å². The maximum atomic E-state index is 12.4. The fourth-order valence-electron chi connectivity index (χ4n) is 1.30. The van der Waals surface area contributed by atoms with Gasteiger partial charge in [-0.2, -0.15) is 18.2 Å². The van der Waals surface area contributed by atoms with Gasteiger partial charge < -0.3 is 10.5 Å². The van der Waals surface area contributed by atoms with Crippen molar-refractivity contribution in [1.82, 2.24) is 9.97 Å². The van der Waals surface area contributed by atoms with Crippen LogP contribution in [-0.4, -0.2) is 9.97 Å². The molecule has 1 heterocycles. The van der Waals surface area contributed by atoms with Gasteiger partial charge in [0.2, 0.25) is 11.8 Å². The number of nitrogens with zero attached hydrogens (tertiary/aromatic N) is 2. The van der Waals surface area contributed by atoms with E-state index < -0.39 is 11.7 Å². The Hall–Kier alpha value is -2.02. The number of benzene rings is 1. The zero-order valence-electron chi connectivity index (χ0n) is 9.28. The van der Waals surface area contributed by atoms with Crippen molar-refractivity contribution < 1.29 is 17.9 Å². The molecule has 0 bridgehead atoms. The molecule has 0 saturated carbocycles. The number of halogens is 4. The van der Waals surface area contributed by atoms with Crippen LogP contribution in [0.25, 0.3) is 0 Å². The SMILES string of the molecule is Nc1nc(Cl)cc(Oc2ccc(C(F)(F)F)cc2)n1. The lowest BCUT2D eigenvalue weighted by molar-refractivity contribution is -0.137. The van der Waals surface area contributed by atoms with Gasteiger partial charge in [-0.1, -0.05) is 11.6 Å². The lowest BCUT2D eigenvalue weighted by Crippen LogP contribution is -2.04. The molecule has 1 aromatic carbocycles. The van der Waals surface area contributed by atoms with E-state index >= 15 is 0 Å². The maximum absolute atomic E-state index is 12.4. The zero-order valence-corrected chi connectivity index (χ0v) is 10.0. The van der Waals surface area contributed by atoms with Gasteiger partial charge in [-0.15, -0.1) is 0 Å². The molecule has 8 heteroatoms. The van der Waals surface area contributed by atoms with E-state index in [-0.39, 0.29) is 22.7 Å². The van der Waals surface area contributed by atoms with Crippen LogP contribution in [0.3, 0.4) is 0 Å². The van der Waals surface area contributed by atoms with E-state index in [1.165, 1.54) is 18.2 Å². The molecule has 2 rings (SSSR count). The van der Waals surface area contributed by atoms with Gasteiger partial charge in [-0.25, -0.2) is 4.98 Å². The van der Waals surface area contributed by atoms with Crippen LogP contribution in [0.1, 0.15) is 5.56 Å². The van der Waals surface area contributed by atoms with Crippen LogP contribution in [0.5, 0.6) is 11.6 Å². The van der Waals surface area contributed by atoms with Crippen LogP contribution in [0.4, 0.5) is 19.1 Å². The van der Waals surface area contributed by atoms with Gasteiger partial charge in [-0.05, 0) is 24.3 Å². The van der Waals surface area contributed by atoms with E-state index in [2.05, 4.69) is 9.97 Å². The standard InChI is InChI=1S/C11H7ClF3N3O/c12-8-5-9(18-10(16)17-8)19-7-3-1-6(2-4-7)11(13,14)15/h1-5H,(H2,16,17,18). The highest BCUT2D eigenvalue weighted by Gasteiger charge is 2.30. The topological polar surface area (TPSA) is 61.0 Å². The van der Waals surface area contributed by atoms with Crippen LogP contribution >= 0.6 is 11.6 Å². The Labute approximate surface area is 111 Å². The molecule has 4 nitrogen and oxygen atoms in total. The molecule has 0 amide bonds. The first-order valence-electron chi connectivity index (χ1n) is 5.00. The Morgan fingerprint density at radius 1 is 1.11 bits per heavy atom. The van der Waals surface area contributed by atoms with Crippen molar-refractivity contribution in [3.8, 4) is 11.6 Å². The molecule has 0 fully saturated rings. The van der Waals surface area contributed by atoms with Gasteiger partial charge in [0.05, 0.1) is 5.56 Å². The van der Waals surface area contributed by atoms with Gasteiger partial charge in [0.1, 0.15) is 10.9 Å². The lowest BCUT2D eigenvalue weighted by Gasteiger charge is -2.08. The van der Waals surface area contributed by atoms with Crippen molar-refractivity contribution in [2.45, 2.75) is 6.18 Å². The van der Waals surface area contributed by atoms with E-state index in [9.17, 15) is 13.2 Å². The monoisotopic (exact) mass is 289 g/mol. The first-order valence-corrected chi connectivity index (χ1v) is 5.37. The van der Waals surface area contributed by atoms with Crippen molar-refractivity contribution in [1.29, 1.82) is 0 Å². The van der Waals surface area contributed by atoms with Gasteiger partial charge in [0.15, 0.2) is 0 Å². The second-order valence-corrected chi connectivity index (χ2v) is 3.90. The predicted octanol–water partition coefficient (Wildman–Crippen LogP) is 3.52. The van der Waals surface area contributed by atoms with E-state index in [4.69, 9.17) is 22.1 Å². The fraction of sp³-hybridized carbons (Fsp3) is 0.0909. The van der Waals surface area contributed by atoms with Gasteiger partial charge in [0.25, 0.3) is 0 Å². The van der Waals surface area contributed by atoms with Crippen LogP contribution < -0.4 is 10.5 Å². The van der Waals surface area contributed by atoms with E-state index in [1.54, 1.807) is 0 Å². The molecule has 19 heavy (non-hydrogen) atoms. The molecule has 0 unspecified atom stereocenters. The molecule has 0 aliphatic heterocycles. The number of anilines is 1. The van der Waals surface area contributed by atoms with Gasteiger partial charge in [0, 0.05) is 6.07 Å². The average molecular weight is 290 g/mol. The van der Waals surface area contributed by atoms with Crippen LogP contribution in [0.2, 0.25) is 5.15 Å². The summed E-state index contributed by atoms with van der Waals surface area (Å²) in [7, 11) is 0. The number of aromatic nitrogens is 2. The molecule has 2 N–H and O–H groups in total. The van der Waals surface area contributed by atoms with E-state index in [1.807, 2.05) is 0 Å². The largest absolute Gasteiger partial charge is 0.439 e. The average Bonchev–Trinajstić information content (AvgIpc) is 2.26. The third-order valence-electron chi connectivity index (χ3n) is 2.09. The van der Waals surface area contributed by atoms with Crippen molar-refractivity contribution in [3.05, 3.63) is 41.0 Å². The molecule has 0 spiro atoms. The lowest BCUT2D eigenvalue weighted by atomic mass is 10.2. The van der Waals surface area contributed by atoms with Crippen molar-refractivity contribution in [3.63, 3.8) is 0 Å². The van der Waals surface area contributed by atoms with Gasteiger partial charge >= 0.3 is 6.18 Å². The summed E-state index contributed by atoms with van der Waals surface area (Å²) in [4.78, 5) is 7.36. The third kappa shape index (κ3) is 3.47. The minimum Gasteiger partial charge on any atom is -0.439 e. The Kier molecular flexibility index (Phi) is 3.48. The quantitative estimate of drug-likeness (QED) is 0.859. The minimum atomic E-state index is -4.39. The highest BCUT2D eigenvalue weighted by molar-refractivity contribution is 6.29. The Bertz CT molecular complexity index is 566. The summed E-state index contributed by atoms with van der Waals surface area (Å²) in [6.45, 7) is 0. The summed E-state index contributed by atoms with van der Waals surface area (Å²) >= 11 is 5.64. The molecule has 0 aliphatic rings. The number of hydrogen-bond acceptors (Lipinski definition) is 4. The molecule has 0 saturated heterocycles. The van der Waals surface area contributed by atoms with Gasteiger partial charge in [-0.3, -0.25) is 0 Å². The number of rotatable bonds is 2. The number of ether oxygens (including phenoxy) is 1. The predicted molar refractivity (Wildman–Crippen MR) is 63.0 cm³/mol. The third-order valence-corrected chi connectivity index (χ3v) is 2.29. The summed E-state index contributed by atoms with van der Waals surface area (Å²) in [5.41, 5.74) is 4.60. The zero-order chi connectivity index (χ0) is 14.0. The molecule has 0 atom stereocenters. The number of nitrogens with two attached hydrogens (primary N) is 1. The first kappa shape index (κ1) is 13.4. The fourth-order valence-corrected chi connectivity index (χ4v) is 1.48. The molecule has 100 valence electrons. The highest BCUT2D eigenvalue weighted by atomic mass is 35.5. The maximum Gasteiger partial charge on any atom is 0.416 e. The molecule has 1 aromatic heterocycles. The summed E-state index contributed by atoms with van der Waals surface area (Å²) in [5, 5.41) is 0.0782. The minimum absolute atomic E-state index is 0.0530. The van der Waals surface area contributed by atoms with E-state index in [0.717, 1.165) is 12.1 Å². The Balaban J connectivity index is 2.20. The van der Waals surface area contributed by atoms with Crippen LogP contribution in [-0.2, 0) is 6.18 Å². The highest BCUT2D eigenvalue weighted by Crippen LogP contribution is 2.31. The Morgan fingerprint density at radius 3 is 2.26 bits per heavy atom. The van der Waals surface area contributed by atoms with Crippen LogP contribution in [0.15, 0.2) is 30.3 Å². The van der Waals surface area contributed by atoms with Crippen molar-refractivity contribution >= 4 is 17.5 Å². The molecule has 2 aromatic rings. The number of nitrogen functional groups attached to an aromatic ring is 1.